The maximum absolute atomic E-state index is 2.50. The molecular formula is C17H39InN2. The summed E-state index contributed by atoms with van der Waals surface area (Å²) in [4.78, 5) is 5.00. The molecule has 120 valence electrons. The summed E-state index contributed by atoms with van der Waals surface area (Å²) < 4.78 is 4.87. The second-order valence-corrected chi connectivity index (χ2v) is 17.0. The van der Waals surface area contributed by atoms with E-state index in [0.717, 1.165) is 0 Å². The summed E-state index contributed by atoms with van der Waals surface area (Å²) in [7, 11) is 4.54. The molecule has 0 N–H and O–H groups in total. The van der Waals surface area contributed by atoms with Crippen LogP contribution in [0.4, 0.5) is 0 Å². The van der Waals surface area contributed by atoms with Crippen LogP contribution in [0.25, 0.3) is 0 Å². The molecular weight excluding hydrogens is 347 g/mol. The van der Waals surface area contributed by atoms with Crippen LogP contribution in [0.2, 0.25) is 12.5 Å². The Morgan fingerprint density at radius 2 is 1.15 bits per heavy atom. The van der Waals surface area contributed by atoms with Gasteiger partial charge in [-0.05, 0) is 0 Å². The van der Waals surface area contributed by atoms with Gasteiger partial charge in [0.25, 0.3) is 0 Å². The summed E-state index contributed by atoms with van der Waals surface area (Å²) in [5.41, 5.74) is 0. The standard InChI is InChI=1S/2C7H16N.C3H7.In/c2*1-5-6-8(4)7(2)3;1-3-2;/h2*7H,1,5-6H2,2-4H3;1,3H2,2H3;. The van der Waals surface area contributed by atoms with E-state index in [9.17, 15) is 0 Å². The minimum atomic E-state index is -1.19. The Hall–Kier alpha value is 0.790. The molecule has 0 aliphatic carbocycles. The molecule has 0 fully saturated rings. The van der Waals surface area contributed by atoms with Crippen LogP contribution in [0.1, 0.15) is 53.9 Å². The molecule has 0 aliphatic rings. The zero-order chi connectivity index (χ0) is 15.5. The van der Waals surface area contributed by atoms with Crippen molar-refractivity contribution in [3.05, 3.63) is 0 Å². The Morgan fingerprint density at radius 3 is 1.45 bits per heavy atom. The van der Waals surface area contributed by atoms with Crippen LogP contribution in [0.5, 0.6) is 0 Å². The number of hydrogen-bond acceptors (Lipinski definition) is 2. The van der Waals surface area contributed by atoms with Crippen LogP contribution in [0.15, 0.2) is 0 Å². The summed E-state index contributed by atoms with van der Waals surface area (Å²) in [5, 5.41) is 0. The van der Waals surface area contributed by atoms with E-state index in [2.05, 4.69) is 58.5 Å². The summed E-state index contributed by atoms with van der Waals surface area (Å²) >= 11 is -1.19. The third kappa shape index (κ3) is 10.5. The maximum atomic E-state index is 2.50. The molecule has 0 aliphatic heterocycles. The van der Waals surface area contributed by atoms with E-state index in [4.69, 9.17) is 0 Å². The van der Waals surface area contributed by atoms with Crippen molar-refractivity contribution < 1.29 is 0 Å². The number of nitrogens with zero attached hydrogens (tertiary/aromatic N) is 2. The molecule has 2 nitrogen and oxygen atoms in total. The first kappa shape index (κ1) is 20.8. The normalized spacial score (nSPS) is 12.2. The Bertz CT molecular complexity index is 199. The van der Waals surface area contributed by atoms with Gasteiger partial charge in [-0.1, -0.05) is 0 Å². The fraction of sp³-hybridized carbons (Fsp3) is 1.00. The first-order chi connectivity index (χ1) is 9.38. The molecule has 0 heterocycles. The molecule has 0 aromatic carbocycles. The van der Waals surface area contributed by atoms with Gasteiger partial charge in [0.2, 0.25) is 0 Å². The van der Waals surface area contributed by atoms with Crippen LogP contribution >= 0.6 is 0 Å². The quantitative estimate of drug-likeness (QED) is 0.492. The van der Waals surface area contributed by atoms with Crippen molar-refractivity contribution in [1.82, 2.24) is 9.80 Å². The van der Waals surface area contributed by atoms with Gasteiger partial charge in [-0.25, -0.2) is 0 Å². The third-order valence-electron chi connectivity index (χ3n) is 4.71. The minimum absolute atomic E-state index is 0.703. The Balaban J connectivity index is 3.86. The van der Waals surface area contributed by atoms with Crippen molar-refractivity contribution in [2.24, 2.45) is 0 Å². The Kier molecular flexibility index (Phi) is 12.8. The molecule has 0 saturated carbocycles. The molecule has 0 atom stereocenters. The van der Waals surface area contributed by atoms with Gasteiger partial charge >= 0.3 is 137 Å². The second-order valence-electron chi connectivity index (χ2n) is 7.09. The van der Waals surface area contributed by atoms with Gasteiger partial charge in [-0.2, -0.15) is 0 Å². The first-order valence-corrected chi connectivity index (χ1v) is 15.8. The average Bonchev–Trinajstić information content (AvgIpc) is 2.37. The van der Waals surface area contributed by atoms with Crippen LogP contribution < -0.4 is 0 Å². The summed E-state index contributed by atoms with van der Waals surface area (Å²) in [6, 6.07) is 1.41. The predicted molar refractivity (Wildman–Crippen MR) is 95.2 cm³/mol. The first-order valence-electron chi connectivity index (χ1n) is 8.78. The summed E-state index contributed by atoms with van der Waals surface area (Å²) in [5.74, 6) is 0. The fourth-order valence-corrected chi connectivity index (χ4v) is 11.8. The van der Waals surface area contributed by atoms with Crippen molar-refractivity contribution in [2.75, 3.05) is 27.2 Å². The van der Waals surface area contributed by atoms with Crippen LogP contribution in [0, 0.1) is 0 Å². The van der Waals surface area contributed by atoms with E-state index in [1.807, 2.05) is 0 Å². The van der Waals surface area contributed by atoms with Crippen molar-refractivity contribution in [3.63, 3.8) is 0 Å². The van der Waals surface area contributed by atoms with Crippen molar-refractivity contribution in [1.29, 1.82) is 0 Å². The average molecular weight is 386 g/mol. The Labute approximate surface area is 136 Å². The summed E-state index contributed by atoms with van der Waals surface area (Å²) in [6.07, 6.45) is 4.34. The van der Waals surface area contributed by atoms with E-state index < -0.39 is 21.4 Å². The van der Waals surface area contributed by atoms with Gasteiger partial charge in [0.05, 0.1) is 0 Å². The van der Waals surface area contributed by atoms with Gasteiger partial charge < -0.3 is 0 Å². The zero-order valence-corrected chi connectivity index (χ0v) is 18.6. The molecule has 0 radical (unpaired) electrons. The number of hydrogen-bond donors (Lipinski definition) is 0. The van der Waals surface area contributed by atoms with Crippen LogP contribution in [-0.2, 0) is 0 Å². The molecule has 0 unspecified atom stereocenters. The molecule has 20 heavy (non-hydrogen) atoms. The Morgan fingerprint density at radius 1 is 0.750 bits per heavy atom. The van der Waals surface area contributed by atoms with E-state index in [1.165, 1.54) is 32.4 Å². The molecule has 3 heteroatoms. The van der Waals surface area contributed by atoms with Gasteiger partial charge in [0, 0.05) is 0 Å². The third-order valence-corrected chi connectivity index (χ3v) is 15.7. The zero-order valence-electron chi connectivity index (χ0n) is 15.3. The molecule has 0 spiro atoms. The predicted octanol–water partition coefficient (Wildman–Crippen LogP) is 4.35. The van der Waals surface area contributed by atoms with E-state index in [1.54, 1.807) is 12.5 Å². The molecule has 0 rings (SSSR count). The van der Waals surface area contributed by atoms with Crippen LogP contribution in [0.3, 0.4) is 0 Å². The molecule has 0 saturated heterocycles. The molecule has 0 aromatic heterocycles. The summed E-state index contributed by atoms with van der Waals surface area (Å²) in [6.45, 7) is 14.2. The van der Waals surface area contributed by atoms with Gasteiger partial charge in [-0.3, -0.25) is 0 Å². The SMILES string of the molecule is CC[CH2][In]([CH2]CCN(C)C(C)C)[CH2]CCN(C)C(C)C. The van der Waals surface area contributed by atoms with Crippen molar-refractivity contribution in [2.45, 2.75) is 78.5 Å². The second kappa shape index (κ2) is 12.3. The monoisotopic (exact) mass is 386 g/mol. The van der Waals surface area contributed by atoms with E-state index in [-0.39, 0.29) is 0 Å². The van der Waals surface area contributed by atoms with Crippen molar-refractivity contribution in [3.8, 4) is 0 Å². The fourth-order valence-electron chi connectivity index (χ4n) is 2.62. The van der Waals surface area contributed by atoms with Gasteiger partial charge in [-0.15, -0.1) is 0 Å². The molecule has 0 bridgehead atoms. The topological polar surface area (TPSA) is 6.48 Å². The van der Waals surface area contributed by atoms with E-state index in [0.29, 0.717) is 12.1 Å². The van der Waals surface area contributed by atoms with Crippen LogP contribution in [-0.4, -0.2) is 70.5 Å². The van der Waals surface area contributed by atoms with Crippen molar-refractivity contribution >= 4 is 21.4 Å². The van der Waals surface area contributed by atoms with Gasteiger partial charge in [0.1, 0.15) is 0 Å². The van der Waals surface area contributed by atoms with E-state index >= 15 is 0 Å². The molecule has 0 aromatic rings. The van der Waals surface area contributed by atoms with Gasteiger partial charge in [0.15, 0.2) is 0 Å². The molecule has 0 amide bonds. The number of rotatable bonds is 12.